The molecule has 3 rings (SSSR count). The largest absolute Gasteiger partial charge is 0.325 e. The highest BCUT2D eigenvalue weighted by molar-refractivity contribution is 7.10. The Labute approximate surface area is 155 Å². The number of benzene rings is 1. The fourth-order valence-electron chi connectivity index (χ4n) is 2.53. The SMILES string of the molecule is Cc1ccsc1C[NH+](C)CC(=O)Nc1cc(Cl)ccc1-n1cncn1. The van der Waals surface area contributed by atoms with Crippen LogP contribution < -0.4 is 10.2 Å². The molecule has 2 aromatic heterocycles. The van der Waals surface area contributed by atoms with Crippen molar-refractivity contribution in [2.45, 2.75) is 13.5 Å². The van der Waals surface area contributed by atoms with Gasteiger partial charge in [0.2, 0.25) is 0 Å². The molecule has 1 amide bonds. The molecule has 2 N–H and O–H groups in total. The minimum atomic E-state index is -0.0738. The van der Waals surface area contributed by atoms with Crippen molar-refractivity contribution in [2.75, 3.05) is 18.9 Å². The second-order valence-electron chi connectivity index (χ2n) is 5.89. The average Bonchev–Trinajstić information content (AvgIpc) is 3.20. The Hall–Kier alpha value is -2.22. The Kier molecular flexibility index (Phi) is 5.47. The Bertz CT molecular complexity index is 862. The summed E-state index contributed by atoms with van der Waals surface area (Å²) < 4.78 is 1.59. The van der Waals surface area contributed by atoms with Gasteiger partial charge in [0.15, 0.2) is 6.54 Å². The Balaban J connectivity index is 1.68. The molecule has 130 valence electrons. The minimum absolute atomic E-state index is 0.0738. The molecule has 0 aliphatic rings. The molecule has 0 saturated heterocycles. The molecule has 0 spiro atoms. The summed E-state index contributed by atoms with van der Waals surface area (Å²) in [7, 11) is 2.01. The van der Waals surface area contributed by atoms with Gasteiger partial charge in [-0.2, -0.15) is 5.10 Å². The molecule has 8 heteroatoms. The Morgan fingerprint density at radius 1 is 1.40 bits per heavy atom. The number of carbonyl (C=O) groups is 1. The maximum absolute atomic E-state index is 12.5. The molecule has 0 fully saturated rings. The third kappa shape index (κ3) is 4.45. The first-order valence-corrected chi connectivity index (χ1v) is 9.07. The molecule has 0 aliphatic carbocycles. The van der Waals surface area contributed by atoms with Crippen LogP contribution in [0.2, 0.25) is 5.02 Å². The van der Waals surface area contributed by atoms with Crippen molar-refractivity contribution >= 4 is 34.5 Å². The van der Waals surface area contributed by atoms with Gasteiger partial charge in [0.25, 0.3) is 5.91 Å². The maximum atomic E-state index is 12.5. The van der Waals surface area contributed by atoms with Gasteiger partial charge in [-0.15, -0.1) is 11.3 Å². The van der Waals surface area contributed by atoms with Crippen molar-refractivity contribution < 1.29 is 9.69 Å². The van der Waals surface area contributed by atoms with E-state index in [0.717, 1.165) is 17.1 Å². The number of rotatable bonds is 6. The highest BCUT2D eigenvalue weighted by Gasteiger charge is 2.15. The molecule has 0 aliphatic heterocycles. The van der Waals surface area contributed by atoms with Crippen LogP contribution in [-0.4, -0.2) is 34.3 Å². The second kappa shape index (κ2) is 7.77. The number of hydrogen-bond donors (Lipinski definition) is 2. The first kappa shape index (κ1) is 17.6. The van der Waals surface area contributed by atoms with E-state index in [1.165, 1.54) is 16.8 Å². The lowest BCUT2D eigenvalue weighted by molar-refractivity contribution is -0.884. The topological polar surface area (TPSA) is 64.2 Å². The third-order valence-electron chi connectivity index (χ3n) is 3.79. The molecular formula is C17H19ClN5OS+. The summed E-state index contributed by atoms with van der Waals surface area (Å²) in [5.41, 5.74) is 2.61. The van der Waals surface area contributed by atoms with Crippen LogP contribution in [0.5, 0.6) is 0 Å². The lowest BCUT2D eigenvalue weighted by atomic mass is 10.2. The quantitative estimate of drug-likeness (QED) is 0.691. The van der Waals surface area contributed by atoms with Gasteiger partial charge in [-0.3, -0.25) is 4.79 Å². The Morgan fingerprint density at radius 2 is 2.24 bits per heavy atom. The fourth-order valence-corrected chi connectivity index (χ4v) is 3.72. The van der Waals surface area contributed by atoms with Gasteiger partial charge in [-0.1, -0.05) is 11.6 Å². The van der Waals surface area contributed by atoms with Crippen LogP contribution in [0.15, 0.2) is 42.3 Å². The molecule has 25 heavy (non-hydrogen) atoms. The molecule has 2 heterocycles. The van der Waals surface area contributed by atoms with Crippen molar-refractivity contribution in [3.05, 3.63) is 57.8 Å². The first-order chi connectivity index (χ1) is 12.0. The molecule has 6 nitrogen and oxygen atoms in total. The van der Waals surface area contributed by atoms with Crippen LogP contribution in [-0.2, 0) is 11.3 Å². The van der Waals surface area contributed by atoms with Crippen molar-refractivity contribution in [2.24, 2.45) is 0 Å². The highest BCUT2D eigenvalue weighted by atomic mass is 35.5. The van der Waals surface area contributed by atoms with Crippen molar-refractivity contribution in [3.8, 4) is 5.69 Å². The molecule has 1 aromatic carbocycles. The van der Waals surface area contributed by atoms with Crippen molar-refractivity contribution in [3.63, 3.8) is 0 Å². The van der Waals surface area contributed by atoms with Gasteiger partial charge in [-0.05, 0) is 42.1 Å². The van der Waals surface area contributed by atoms with Crippen LogP contribution in [0, 0.1) is 6.92 Å². The zero-order valence-corrected chi connectivity index (χ0v) is 15.6. The number of halogens is 1. The minimum Gasteiger partial charge on any atom is -0.325 e. The van der Waals surface area contributed by atoms with Gasteiger partial charge in [0.1, 0.15) is 19.2 Å². The summed E-state index contributed by atoms with van der Waals surface area (Å²) in [5.74, 6) is -0.0738. The van der Waals surface area contributed by atoms with Gasteiger partial charge < -0.3 is 10.2 Å². The number of nitrogens with one attached hydrogen (secondary N) is 2. The van der Waals surface area contributed by atoms with E-state index in [0.29, 0.717) is 17.3 Å². The molecule has 0 saturated carbocycles. The predicted octanol–water partition coefficient (Wildman–Crippen LogP) is 1.94. The lowest BCUT2D eigenvalue weighted by Crippen LogP contribution is -3.08. The molecule has 1 atom stereocenters. The van der Waals surface area contributed by atoms with E-state index in [9.17, 15) is 4.79 Å². The number of hydrogen-bond acceptors (Lipinski definition) is 4. The summed E-state index contributed by atoms with van der Waals surface area (Å²) in [6, 6.07) is 7.38. The summed E-state index contributed by atoms with van der Waals surface area (Å²) >= 11 is 7.80. The van der Waals surface area contributed by atoms with E-state index in [4.69, 9.17) is 11.6 Å². The zero-order chi connectivity index (χ0) is 17.8. The Morgan fingerprint density at radius 3 is 2.92 bits per heavy atom. The highest BCUT2D eigenvalue weighted by Crippen LogP contribution is 2.23. The van der Waals surface area contributed by atoms with Crippen LogP contribution in [0.1, 0.15) is 10.4 Å². The summed E-state index contributed by atoms with van der Waals surface area (Å²) in [6.07, 6.45) is 3.03. The molecule has 3 aromatic rings. The van der Waals surface area contributed by atoms with Gasteiger partial charge in [-0.25, -0.2) is 9.67 Å². The number of likely N-dealkylation sites (N-methyl/N-ethyl adjacent to an activating group) is 1. The average molecular weight is 377 g/mol. The van der Waals surface area contributed by atoms with E-state index in [1.54, 1.807) is 40.5 Å². The first-order valence-electron chi connectivity index (χ1n) is 7.81. The number of amides is 1. The maximum Gasteiger partial charge on any atom is 0.279 e. The fraction of sp³-hybridized carbons (Fsp3) is 0.235. The van der Waals surface area contributed by atoms with Crippen molar-refractivity contribution in [1.82, 2.24) is 14.8 Å². The molecule has 0 radical (unpaired) electrons. The van der Waals surface area contributed by atoms with Gasteiger partial charge in [0.05, 0.1) is 23.3 Å². The second-order valence-corrected chi connectivity index (χ2v) is 7.32. The number of aryl methyl sites for hydroxylation is 1. The standard InChI is InChI=1S/C17H18ClN5OS/c1-12-5-6-25-16(12)8-22(2)9-17(24)21-14-7-13(18)3-4-15(14)23-11-19-10-20-23/h3-7,10-11H,8-9H2,1-2H3,(H,21,24)/p+1. The summed E-state index contributed by atoms with van der Waals surface area (Å²) in [6.45, 7) is 3.28. The van der Waals surface area contributed by atoms with Crippen LogP contribution >= 0.6 is 22.9 Å². The third-order valence-corrected chi connectivity index (χ3v) is 5.05. The van der Waals surface area contributed by atoms with E-state index >= 15 is 0 Å². The number of anilines is 1. The van der Waals surface area contributed by atoms with Crippen LogP contribution in [0.3, 0.4) is 0 Å². The number of carbonyl (C=O) groups excluding carboxylic acids is 1. The summed E-state index contributed by atoms with van der Waals surface area (Å²) in [4.78, 5) is 18.8. The zero-order valence-electron chi connectivity index (χ0n) is 14.0. The van der Waals surface area contributed by atoms with E-state index in [2.05, 4.69) is 33.8 Å². The number of quaternary nitrogens is 1. The summed E-state index contributed by atoms with van der Waals surface area (Å²) in [5, 5.41) is 9.68. The van der Waals surface area contributed by atoms with E-state index in [-0.39, 0.29) is 5.91 Å². The number of thiophene rings is 1. The number of aromatic nitrogens is 3. The van der Waals surface area contributed by atoms with Gasteiger partial charge >= 0.3 is 0 Å². The predicted molar refractivity (Wildman–Crippen MR) is 99.5 cm³/mol. The van der Waals surface area contributed by atoms with Crippen molar-refractivity contribution in [1.29, 1.82) is 0 Å². The molecular weight excluding hydrogens is 358 g/mol. The van der Waals surface area contributed by atoms with Gasteiger partial charge in [0, 0.05) is 5.02 Å². The van der Waals surface area contributed by atoms with E-state index < -0.39 is 0 Å². The van der Waals surface area contributed by atoms with E-state index in [1.807, 2.05) is 7.05 Å². The monoisotopic (exact) mass is 376 g/mol. The molecule has 1 unspecified atom stereocenters. The smallest absolute Gasteiger partial charge is 0.279 e. The van der Waals surface area contributed by atoms with Crippen LogP contribution in [0.4, 0.5) is 5.69 Å². The number of nitrogens with zero attached hydrogens (tertiary/aromatic N) is 3. The normalized spacial score (nSPS) is 12.1. The van der Waals surface area contributed by atoms with Crippen LogP contribution in [0.25, 0.3) is 5.69 Å². The molecule has 0 bridgehead atoms. The lowest BCUT2D eigenvalue weighted by Gasteiger charge is -2.15.